The maximum Gasteiger partial charge on any atom is 0.164 e. The molecule has 0 aliphatic rings. The van der Waals surface area contributed by atoms with Crippen molar-refractivity contribution in [3.05, 3.63) is 194 Å². The first kappa shape index (κ1) is 27.0. The molecule has 5 heteroatoms. The normalized spacial score (nSPS) is 12.8. The predicted octanol–water partition coefficient (Wildman–Crippen LogP) is 13.2. The number of hydrogen-bond donors (Lipinski definition) is 0. The van der Waals surface area contributed by atoms with Crippen LogP contribution < -0.4 is 0 Å². The minimum Gasteiger partial charge on any atom is -0.456 e. The van der Waals surface area contributed by atoms with Crippen LogP contribution in [0.15, 0.2) is 198 Å². The molecule has 11 rings (SSSR count). The van der Waals surface area contributed by atoms with Crippen molar-refractivity contribution in [2.24, 2.45) is 0 Å². The fourth-order valence-electron chi connectivity index (χ4n) is 7.72. The van der Waals surface area contributed by atoms with Crippen LogP contribution >= 0.6 is 0 Å². The van der Waals surface area contributed by atoms with Crippen molar-refractivity contribution in [2.45, 2.75) is 0 Å². The molecular weight excluding hydrogens is 685 g/mol. The molecule has 0 saturated carbocycles. The van der Waals surface area contributed by atoms with Crippen LogP contribution in [0.1, 0.15) is 6.85 Å². The van der Waals surface area contributed by atoms with E-state index in [1.165, 1.54) is 10.8 Å². The van der Waals surface area contributed by atoms with E-state index in [1.54, 1.807) is 24.3 Å². The van der Waals surface area contributed by atoms with Crippen LogP contribution in [0, 0.1) is 0 Å². The Bertz CT molecular complexity index is 3500. The molecule has 0 radical (unpaired) electrons. The standard InChI is InChI=1S/C51H32N4O/c1-4-13-33(14-5-1)34-23-25-36(26-24-34)50-52-49(35-15-6-2-7-16-35)53-51(54-50)42-20-12-22-46-48(42)41-29-27-38(32-47(41)56-46)37-28-30-45-43(31-37)40-19-10-11-21-44(40)55(45)39-17-8-3-9-18-39/h1-32H/i1D,4D,5D,13D,14D. The fraction of sp³-hybridized carbons (Fsp3) is 0. The molecule has 3 heterocycles. The molecule has 0 unspecified atom stereocenters. The summed E-state index contributed by atoms with van der Waals surface area (Å²) < 4.78 is 50.1. The first-order valence-corrected chi connectivity index (χ1v) is 18.4. The molecular formula is C51H32N4O. The Labute approximate surface area is 329 Å². The molecule has 0 saturated heterocycles. The lowest BCUT2D eigenvalue weighted by Crippen LogP contribution is -2.00. The van der Waals surface area contributed by atoms with Gasteiger partial charge in [0.1, 0.15) is 11.2 Å². The average molecular weight is 722 g/mol. The summed E-state index contributed by atoms with van der Waals surface area (Å²) in [5.74, 6) is 1.38. The highest BCUT2D eigenvalue weighted by molar-refractivity contribution is 6.13. The fourth-order valence-corrected chi connectivity index (χ4v) is 7.72. The Kier molecular flexibility index (Phi) is 6.29. The van der Waals surface area contributed by atoms with Gasteiger partial charge in [-0.15, -0.1) is 0 Å². The molecule has 8 aromatic carbocycles. The van der Waals surface area contributed by atoms with Gasteiger partial charge >= 0.3 is 0 Å². The minimum absolute atomic E-state index is 0.136. The van der Waals surface area contributed by atoms with Crippen LogP contribution in [-0.4, -0.2) is 19.5 Å². The van der Waals surface area contributed by atoms with Crippen molar-refractivity contribution in [3.63, 3.8) is 0 Å². The van der Waals surface area contributed by atoms with Crippen molar-refractivity contribution >= 4 is 43.7 Å². The maximum atomic E-state index is 8.47. The van der Waals surface area contributed by atoms with Gasteiger partial charge in [-0.1, -0.05) is 145 Å². The van der Waals surface area contributed by atoms with Gasteiger partial charge < -0.3 is 8.98 Å². The van der Waals surface area contributed by atoms with E-state index >= 15 is 0 Å². The number of benzene rings is 8. The van der Waals surface area contributed by atoms with E-state index in [1.807, 2.05) is 54.6 Å². The van der Waals surface area contributed by atoms with Gasteiger partial charge in [-0.3, -0.25) is 0 Å². The summed E-state index contributed by atoms with van der Waals surface area (Å²) in [6.07, 6.45) is 0. The zero-order valence-corrected chi connectivity index (χ0v) is 29.8. The molecule has 3 aromatic heterocycles. The Morgan fingerprint density at radius 1 is 0.411 bits per heavy atom. The van der Waals surface area contributed by atoms with E-state index in [-0.39, 0.29) is 29.7 Å². The molecule has 0 N–H and O–H groups in total. The molecule has 0 amide bonds. The number of aromatic nitrogens is 4. The smallest absolute Gasteiger partial charge is 0.164 e. The molecule has 11 aromatic rings. The lowest BCUT2D eigenvalue weighted by atomic mass is 10.00. The average Bonchev–Trinajstić information content (AvgIpc) is 3.86. The summed E-state index contributed by atoms with van der Waals surface area (Å²) in [6.45, 7) is 0. The number of furan rings is 1. The van der Waals surface area contributed by atoms with Crippen molar-refractivity contribution in [3.8, 4) is 62.1 Å². The predicted molar refractivity (Wildman–Crippen MR) is 229 cm³/mol. The van der Waals surface area contributed by atoms with Crippen molar-refractivity contribution in [1.82, 2.24) is 19.5 Å². The maximum absolute atomic E-state index is 8.47. The van der Waals surface area contributed by atoms with Gasteiger partial charge in [0, 0.05) is 43.9 Å². The van der Waals surface area contributed by atoms with E-state index in [2.05, 4.69) is 89.5 Å². The van der Waals surface area contributed by atoms with Gasteiger partial charge in [-0.2, -0.15) is 0 Å². The summed E-state index contributed by atoms with van der Waals surface area (Å²) in [5, 5.41) is 4.18. The molecule has 0 aliphatic carbocycles. The summed E-state index contributed by atoms with van der Waals surface area (Å²) in [7, 11) is 0. The Balaban J connectivity index is 1.02. The molecule has 0 aliphatic heterocycles. The first-order chi connectivity index (χ1) is 29.8. The summed E-state index contributed by atoms with van der Waals surface area (Å²) in [5.41, 5.74) is 9.89. The highest BCUT2D eigenvalue weighted by Gasteiger charge is 2.19. The van der Waals surface area contributed by atoms with E-state index in [0.29, 0.717) is 34.2 Å². The van der Waals surface area contributed by atoms with Crippen LogP contribution in [0.2, 0.25) is 0 Å². The first-order valence-electron chi connectivity index (χ1n) is 20.9. The van der Waals surface area contributed by atoms with Gasteiger partial charge in [0.2, 0.25) is 0 Å². The SMILES string of the molecule is [2H]c1c([2H])c([2H])c(-c2ccc(-c3nc(-c4ccccc4)nc(-c4cccc5oc6cc(-c7ccc8c(c7)c7ccccc7n8-c7ccccc7)ccc6c45)n3)cc2)c([2H])c1[2H]. The second kappa shape index (κ2) is 13.0. The third kappa shape index (κ3) is 5.37. The largest absolute Gasteiger partial charge is 0.456 e. The van der Waals surface area contributed by atoms with Gasteiger partial charge in [0.25, 0.3) is 0 Å². The second-order valence-electron chi connectivity index (χ2n) is 13.7. The molecule has 262 valence electrons. The number of fused-ring (bicyclic) bond motifs is 6. The molecule has 0 spiro atoms. The van der Waals surface area contributed by atoms with Crippen LogP contribution in [0.4, 0.5) is 0 Å². The van der Waals surface area contributed by atoms with Crippen LogP contribution in [0.3, 0.4) is 0 Å². The Morgan fingerprint density at radius 3 is 1.84 bits per heavy atom. The Hall–Kier alpha value is -7.63. The van der Waals surface area contributed by atoms with E-state index in [9.17, 15) is 0 Å². The van der Waals surface area contributed by atoms with E-state index in [4.69, 9.17) is 26.2 Å². The minimum atomic E-state index is -0.427. The highest BCUT2D eigenvalue weighted by Crippen LogP contribution is 2.40. The van der Waals surface area contributed by atoms with Crippen LogP contribution in [0.5, 0.6) is 0 Å². The zero-order chi connectivity index (χ0) is 41.4. The quantitative estimate of drug-likeness (QED) is 0.172. The second-order valence-corrected chi connectivity index (χ2v) is 13.7. The molecule has 56 heavy (non-hydrogen) atoms. The zero-order valence-electron chi connectivity index (χ0n) is 34.8. The Morgan fingerprint density at radius 2 is 1.04 bits per heavy atom. The van der Waals surface area contributed by atoms with Gasteiger partial charge in [-0.05, 0) is 70.8 Å². The van der Waals surface area contributed by atoms with Gasteiger partial charge in [-0.25, -0.2) is 15.0 Å². The van der Waals surface area contributed by atoms with Gasteiger partial charge in [0.05, 0.1) is 17.9 Å². The summed E-state index contributed by atoms with van der Waals surface area (Å²) in [6, 6.07) is 52.9. The van der Waals surface area contributed by atoms with Gasteiger partial charge in [0.15, 0.2) is 17.5 Å². The summed E-state index contributed by atoms with van der Waals surface area (Å²) in [4.78, 5) is 15.0. The third-order valence-electron chi connectivity index (χ3n) is 10.4. The van der Waals surface area contributed by atoms with E-state index in [0.717, 1.165) is 55.3 Å². The number of nitrogens with zero attached hydrogens (tertiary/aromatic N) is 4. The van der Waals surface area contributed by atoms with Crippen LogP contribution in [0.25, 0.3) is 106 Å². The molecule has 0 atom stereocenters. The third-order valence-corrected chi connectivity index (χ3v) is 10.4. The van der Waals surface area contributed by atoms with Crippen molar-refractivity contribution in [2.75, 3.05) is 0 Å². The number of para-hydroxylation sites is 2. The van der Waals surface area contributed by atoms with E-state index < -0.39 is 6.04 Å². The lowest BCUT2D eigenvalue weighted by Gasteiger charge is -2.10. The number of hydrogen-bond acceptors (Lipinski definition) is 4. The molecule has 5 nitrogen and oxygen atoms in total. The number of rotatable bonds is 6. The van der Waals surface area contributed by atoms with Crippen molar-refractivity contribution < 1.29 is 11.3 Å². The molecule has 0 fully saturated rings. The lowest BCUT2D eigenvalue weighted by molar-refractivity contribution is 0.669. The van der Waals surface area contributed by atoms with Crippen LogP contribution in [-0.2, 0) is 0 Å². The summed E-state index contributed by atoms with van der Waals surface area (Å²) >= 11 is 0. The highest BCUT2D eigenvalue weighted by atomic mass is 16.3. The monoisotopic (exact) mass is 721 g/mol. The van der Waals surface area contributed by atoms with Crippen molar-refractivity contribution in [1.29, 1.82) is 0 Å². The molecule has 0 bridgehead atoms. The topological polar surface area (TPSA) is 56.7 Å².